The number of hydrogen-bond donors (Lipinski definition) is 2. The number of carbonyl (C=O) groups excluding carboxylic acids is 1. The van der Waals surface area contributed by atoms with Crippen LogP contribution in [0, 0.1) is 0 Å². The summed E-state index contributed by atoms with van der Waals surface area (Å²) < 4.78 is 10.6. The molecular weight excluding hydrogens is 232 g/mol. The maximum atomic E-state index is 10.8. The minimum atomic E-state index is -0.136. The van der Waals surface area contributed by atoms with E-state index >= 15 is 0 Å². The Hall–Kier alpha value is -1.59. The molecule has 0 heterocycles. The number of rotatable bonds is 8. The molecule has 18 heavy (non-hydrogen) atoms. The van der Waals surface area contributed by atoms with Gasteiger partial charge in [-0.2, -0.15) is 0 Å². The lowest BCUT2D eigenvalue weighted by Gasteiger charge is -2.06. The van der Waals surface area contributed by atoms with Crippen LogP contribution in [0.5, 0.6) is 5.75 Å². The van der Waals surface area contributed by atoms with Crippen molar-refractivity contribution in [2.75, 3.05) is 13.7 Å². The maximum absolute atomic E-state index is 10.8. The summed E-state index contributed by atoms with van der Waals surface area (Å²) in [5.74, 6) is 5.67. The van der Waals surface area contributed by atoms with Crippen molar-refractivity contribution in [1.82, 2.24) is 5.43 Å². The van der Waals surface area contributed by atoms with Crippen molar-refractivity contribution in [2.45, 2.75) is 25.9 Å². The quantitative estimate of drug-likeness (QED) is 0.317. The van der Waals surface area contributed by atoms with Crippen molar-refractivity contribution in [3.05, 3.63) is 29.8 Å². The van der Waals surface area contributed by atoms with E-state index in [1.807, 2.05) is 24.3 Å². The molecule has 100 valence electrons. The van der Waals surface area contributed by atoms with Gasteiger partial charge in [0.15, 0.2) is 0 Å². The van der Waals surface area contributed by atoms with Crippen LogP contribution < -0.4 is 16.0 Å². The number of hydrogen-bond acceptors (Lipinski definition) is 4. The van der Waals surface area contributed by atoms with Gasteiger partial charge in [0.2, 0.25) is 5.91 Å². The van der Waals surface area contributed by atoms with Crippen molar-refractivity contribution < 1.29 is 14.3 Å². The molecular formula is C13H20N2O3. The maximum Gasteiger partial charge on any atom is 0.233 e. The van der Waals surface area contributed by atoms with Gasteiger partial charge in [0.25, 0.3) is 0 Å². The zero-order valence-electron chi connectivity index (χ0n) is 10.6. The van der Waals surface area contributed by atoms with E-state index in [1.165, 1.54) is 0 Å². The van der Waals surface area contributed by atoms with Gasteiger partial charge in [0, 0.05) is 13.0 Å². The first kappa shape index (κ1) is 14.5. The smallest absolute Gasteiger partial charge is 0.233 e. The van der Waals surface area contributed by atoms with E-state index in [9.17, 15) is 4.79 Å². The average Bonchev–Trinajstić information content (AvgIpc) is 2.42. The predicted octanol–water partition coefficient (Wildman–Crippen LogP) is 1.37. The summed E-state index contributed by atoms with van der Waals surface area (Å²) in [4.78, 5) is 10.8. The highest BCUT2D eigenvalue weighted by Crippen LogP contribution is 2.13. The van der Waals surface area contributed by atoms with Crippen molar-refractivity contribution in [3.8, 4) is 5.75 Å². The Morgan fingerprint density at radius 1 is 1.39 bits per heavy atom. The van der Waals surface area contributed by atoms with Crippen molar-refractivity contribution in [1.29, 1.82) is 0 Å². The topological polar surface area (TPSA) is 73.6 Å². The molecule has 0 aliphatic rings. The van der Waals surface area contributed by atoms with E-state index in [1.54, 1.807) is 7.11 Å². The second-order valence-electron chi connectivity index (χ2n) is 3.93. The summed E-state index contributed by atoms with van der Waals surface area (Å²) in [6.45, 7) is 1.19. The Morgan fingerprint density at radius 3 is 2.94 bits per heavy atom. The molecule has 0 fully saturated rings. The molecule has 5 nitrogen and oxygen atoms in total. The van der Waals surface area contributed by atoms with E-state index in [2.05, 4.69) is 5.43 Å². The lowest BCUT2D eigenvalue weighted by atomic mass is 10.2. The fraction of sp³-hybridized carbons (Fsp3) is 0.462. The van der Waals surface area contributed by atoms with E-state index in [4.69, 9.17) is 15.3 Å². The number of nitrogens with one attached hydrogen (secondary N) is 1. The number of carbonyl (C=O) groups is 1. The third-order valence-electron chi connectivity index (χ3n) is 2.51. The standard InChI is InChI=1S/C13H20N2O3/c1-17-12-6-4-5-11(9-12)10-18-8-3-2-7-13(16)15-14/h4-6,9H,2-3,7-8,10,14H2,1H3,(H,15,16). The average molecular weight is 252 g/mol. The SMILES string of the molecule is COc1cccc(COCCCCC(=O)NN)c1. The highest BCUT2D eigenvalue weighted by Gasteiger charge is 1.99. The normalized spacial score (nSPS) is 10.1. The van der Waals surface area contributed by atoms with Gasteiger partial charge in [-0.3, -0.25) is 10.2 Å². The Labute approximate surface area is 107 Å². The van der Waals surface area contributed by atoms with Gasteiger partial charge in [-0.15, -0.1) is 0 Å². The van der Waals surface area contributed by atoms with Gasteiger partial charge in [0.1, 0.15) is 5.75 Å². The lowest BCUT2D eigenvalue weighted by Crippen LogP contribution is -2.29. The van der Waals surface area contributed by atoms with Crippen molar-refractivity contribution in [2.24, 2.45) is 5.84 Å². The summed E-state index contributed by atoms with van der Waals surface area (Å²) in [6, 6.07) is 7.77. The van der Waals surface area contributed by atoms with Crippen molar-refractivity contribution in [3.63, 3.8) is 0 Å². The fourth-order valence-electron chi connectivity index (χ4n) is 1.51. The second-order valence-corrected chi connectivity index (χ2v) is 3.93. The van der Waals surface area contributed by atoms with Crippen LogP contribution in [-0.4, -0.2) is 19.6 Å². The second kappa shape index (κ2) is 8.49. The van der Waals surface area contributed by atoms with Crippen LogP contribution in [0.2, 0.25) is 0 Å². The molecule has 0 atom stereocenters. The monoisotopic (exact) mass is 252 g/mol. The first-order valence-corrected chi connectivity index (χ1v) is 5.96. The number of methoxy groups -OCH3 is 1. The van der Waals surface area contributed by atoms with Crippen LogP contribution in [-0.2, 0) is 16.1 Å². The third kappa shape index (κ3) is 5.65. The van der Waals surface area contributed by atoms with Gasteiger partial charge >= 0.3 is 0 Å². The predicted molar refractivity (Wildman–Crippen MR) is 68.8 cm³/mol. The molecule has 0 spiro atoms. The van der Waals surface area contributed by atoms with Crippen LogP contribution >= 0.6 is 0 Å². The molecule has 1 amide bonds. The highest BCUT2D eigenvalue weighted by atomic mass is 16.5. The minimum absolute atomic E-state index is 0.136. The summed E-state index contributed by atoms with van der Waals surface area (Å²) in [6.07, 6.45) is 2.07. The zero-order valence-corrected chi connectivity index (χ0v) is 10.6. The van der Waals surface area contributed by atoms with Crippen LogP contribution in [0.3, 0.4) is 0 Å². The van der Waals surface area contributed by atoms with E-state index in [0.717, 1.165) is 24.2 Å². The van der Waals surface area contributed by atoms with Crippen LogP contribution in [0.1, 0.15) is 24.8 Å². The number of amides is 1. The summed E-state index contributed by atoms with van der Waals surface area (Å²) in [7, 11) is 1.64. The van der Waals surface area contributed by atoms with Crippen LogP contribution in [0.15, 0.2) is 24.3 Å². The van der Waals surface area contributed by atoms with Gasteiger partial charge < -0.3 is 9.47 Å². The van der Waals surface area contributed by atoms with E-state index in [0.29, 0.717) is 19.6 Å². The summed E-state index contributed by atoms with van der Waals surface area (Å²) in [5.41, 5.74) is 3.18. The number of benzene rings is 1. The third-order valence-corrected chi connectivity index (χ3v) is 2.51. The molecule has 0 saturated heterocycles. The molecule has 0 aromatic heterocycles. The van der Waals surface area contributed by atoms with E-state index < -0.39 is 0 Å². The number of ether oxygens (including phenoxy) is 2. The summed E-state index contributed by atoms with van der Waals surface area (Å²) >= 11 is 0. The first-order valence-electron chi connectivity index (χ1n) is 5.96. The fourth-order valence-corrected chi connectivity index (χ4v) is 1.51. The molecule has 1 rings (SSSR count). The van der Waals surface area contributed by atoms with Gasteiger partial charge in [-0.05, 0) is 30.5 Å². The molecule has 3 N–H and O–H groups in total. The number of unbranched alkanes of at least 4 members (excludes halogenated alkanes) is 1. The highest BCUT2D eigenvalue weighted by molar-refractivity contribution is 5.75. The molecule has 0 aliphatic heterocycles. The molecule has 5 heteroatoms. The van der Waals surface area contributed by atoms with Crippen LogP contribution in [0.4, 0.5) is 0 Å². The number of nitrogens with two attached hydrogens (primary N) is 1. The van der Waals surface area contributed by atoms with Gasteiger partial charge in [-0.25, -0.2) is 5.84 Å². The first-order chi connectivity index (χ1) is 8.76. The molecule has 0 radical (unpaired) electrons. The summed E-state index contributed by atoms with van der Waals surface area (Å²) in [5, 5.41) is 0. The molecule has 1 aromatic rings. The molecule has 0 aliphatic carbocycles. The van der Waals surface area contributed by atoms with Gasteiger partial charge in [-0.1, -0.05) is 12.1 Å². The lowest BCUT2D eigenvalue weighted by molar-refractivity contribution is -0.121. The molecule has 0 bridgehead atoms. The number of hydrazine groups is 1. The molecule has 1 aromatic carbocycles. The Morgan fingerprint density at radius 2 is 2.22 bits per heavy atom. The van der Waals surface area contributed by atoms with Crippen molar-refractivity contribution >= 4 is 5.91 Å². The minimum Gasteiger partial charge on any atom is -0.497 e. The van der Waals surface area contributed by atoms with E-state index in [-0.39, 0.29) is 5.91 Å². The zero-order chi connectivity index (χ0) is 13.2. The van der Waals surface area contributed by atoms with Gasteiger partial charge in [0.05, 0.1) is 13.7 Å². The Balaban J connectivity index is 2.12. The molecule has 0 saturated carbocycles. The Kier molecular flexibility index (Phi) is 6.83. The molecule has 0 unspecified atom stereocenters. The van der Waals surface area contributed by atoms with Crippen LogP contribution in [0.25, 0.3) is 0 Å². The largest absolute Gasteiger partial charge is 0.497 e. The Bertz CT molecular complexity index is 369.